The first-order valence-corrected chi connectivity index (χ1v) is 5.57. The first kappa shape index (κ1) is 14.3. The number of para-hydroxylation sites is 1. The second-order valence-corrected chi connectivity index (χ2v) is 3.94. The second kappa shape index (κ2) is 6.83. The van der Waals surface area contributed by atoms with Crippen molar-refractivity contribution in [2.24, 2.45) is 5.73 Å². The van der Waals surface area contributed by atoms with Gasteiger partial charge in [-0.05, 0) is 12.5 Å². The number of nitro groups is 1. The summed E-state index contributed by atoms with van der Waals surface area (Å²) in [5, 5.41) is 10.8. The van der Waals surface area contributed by atoms with Gasteiger partial charge in [-0.3, -0.25) is 14.9 Å². The van der Waals surface area contributed by atoms with Gasteiger partial charge in [0, 0.05) is 32.2 Å². The predicted molar refractivity (Wildman–Crippen MR) is 66.5 cm³/mol. The minimum Gasteiger partial charge on any atom is -0.385 e. The molecule has 0 aliphatic heterocycles. The van der Waals surface area contributed by atoms with E-state index in [2.05, 4.69) is 0 Å². The quantitative estimate of drug-likeness (QED) is 0.451. The number of methoxy groups -OCH3 is 1. The van der Waals surface area contributed by atoms with Crippen LogP contribution in [0.3, 0.4) is 0 Å². The molecular formula is C12H16N2O4. The predicted octanol–water partition coefficient (Wildman–Crippen LogP) is 1.53. The zero-order valence-electron chi connectivity index (χ0n) is 10.2. The molecule has 0 aliphatic carbocycles. The van der Waals surface area contributed by atoms with Gasteiger partial charge in [-0.15, -0.1) is 0 Å². The molecule has 2 N–H and O–H groups in total. The van der Waals surface area contributed by atoms with Crippen LogP contribution in [0.2, 0.25) is 0 Å². The molecule has 1 unspecified atom stereocenters. The molecule has 98 valence electrons. The Morgan fingerprint density at radius 1 is 1.50 bits per heavy atom. The summed E-state index contributed by atoms with van der Waals surface area (Å²) < 4.78 is 4.86. The first-order valence-electron chi connectivity index (χ1n) is 5.57. The average Bonchev–Trinajstić information content (AvgIpc) is 2.36. The van der Waals surface area contributed by atoms with Gasteiger partial charge in [0.05, 0.1) is 10.5 Å². The van der Waals surface area contributed by atoms with Gasteiger partial charge in [0.15, 0.2) is 5.78 Å². The Hall–Kier alpha value is -1.79. The number of carbonyl (C=O) groups excluding carboxylic acids is 1. The molecule has 1 aromatic rings. The van der Waals surface area contributed by atoms with Crippen molar-refractivity contribution >= 4 is 11.5 Å². The lowest BCUT2D eigenvalue weighted by atomic mass is 10.0. The van der Waals surface area contributed by atoms with E-state index in [1.807, 2.05) is 0 Å². The number of ketones is 1. The Morgan fingerprint density at radius 3 is 2.78 bits per heavy atom. The van der Waals surface area contributed by atoms with Crippen LogP contribution in [-0.4, -0.2) is 30.5 Å². The smallest absolute Gasteiger partial charge is 0.280 e. The first-order chi connectivity index (χ1) is 8.56. The SMILES string of the molecule is COCCC(N)CC(=O)c1ccccc1[N+](=O)[O-]. The van der Waals surface area contributed by atoms with E-state index in [0.29, 0.717) is 13.0 Å². The van der Waals surface area contributed by atoms with Crippen LogP contribution >= 0.6 is 0 Å². The van der Waals surface area contributed by atoms with Crippen molar-refractivity contribution in [2.45, 2.75) is 18.9 Å². The van der Waals surface area contributed by atoms with Crippen LogP contribution in [0.5, 0.6) is 0 Å². The lowest BCUT2D eigenvalue weighted by molar-refractivity contribution is -0.385. The maximum Gasteiger partial charge on any atom is 0.280 e. The Kier molecular flexibility index (Phi) is 5.41. The van der Waals surface area contributed by atoms with Crippen LogP contribution in [0.1, 0.15) is 23.2 Å². The van der Waals surface area contributed by atoms with Crippen LogP contribution < -0.4 is 5.73 Å². The molecule has 0 aliphatic rings. The van der Waals surface area contributed by atoms with Crippen molar-refractivity contribution in [1.29, 1.82) is 0 Å². The molecule has 6 nitrogen and oxygen atoms in total. The van der Waals surface area contributed by atoms with Crippen LogP contribution in [0.4, 0.5) is 5.69 Å². The van der Waals surface area contributed by atoms with Crippen molar-refractivity contribution in [1.82, 2.24) is 0 Å². The van der Waals surface area contributed by atoms with Crippen molar-refractivity contribution in [3.8, 4) is 0 Å². The summed E-state index contributed by atoms with van der Waals surface area (Å²) in [6, 6.07) is 5.54. The number of rotatable bonds is 7. The maximum atomic E-state index is 11.9. The summed E-state index contributed by atoms with van der Waals surface area (Å²) in [7, 11) is 1.55. The minimum atomic E-state index is -0.562. The maximum absolute atomic E-state index is 11.9. The average molecular weight is 252 g/mol. The van der Waals surface area contributed by atoms with Crippen molar-refractivity contribution in [3.05, 3.63) is 39.9 Å². The zero-order chi connectivity index (χ0) is 13.5. The number of nitrogens with two attached hydrogens (primary N) is 1. The molecule has 1 aromatic carbocycles. The highest BCUT2D eigenvalue weighted by Gasteiger charge is 2.20. The number of benzene rings is 1. The molecular weight excluding hydrogens is 236 g/mol. The summed E-state index contributed by atoms with van der Waals surface area (Å²) in [5.74, 6) is -0.314. The Labute approximate surface area is 105 Å². The number of Topliss-reactive ketones (excluding diaryl/α,β-unsaturated/α-hetero) is 1. The summed E-state index contributed by atoms with van der Waals surface area (Å²) in [4.78, 5) is 22.1. The molecule has 0 saturated carbocycles. The van der Waals surface area contributed by atoms with E-state index >= 15 is 0 Å². The van der Waals surface area contributed by atoms with E-state index < -0.39 is 4.92 Å². The molecule has 1 atom stereocenters. The third-order valence-electron chi connectivity index (χ3n) is 2.54. The lowest BCUT2D eigenvalue weighted by Crippen LogP contribution is -2.25. The van der Waals surface area contributed by atoms with Crippen LogP contribution in [-0.2, 0) is 4.74 Å². The molecule has 0 radical (unpaired) electrons. The Balaban J connectivity index is 2.75. The Bertz CT molecular complexity index is 434. The number of ether oxygens (including phenoxy) is 1. The Morgan fingerprint density at radius 2 is 2.17 bits per heavy atom. The molecule has 1 rings (SSSR count). The van der Waals surface area contributed by atoms with Crippen molar-refractivity contribution in [2.75, 3.05) is 13.7 Å². The molecule has 18 heavy (non-hydrogen) atoms. The lowest BCUT2D eigenvalue weighted by Gasteiger charge is -2.09. The minimum absolute atomic E-state index is 0.0776. The molecule has 0 aromatic heterocycles. The van der Waals surface area contributed by atoms with E-state index in [-0.39, 0.29) is 29.5 Å². The fourth-order valence-electron chi connectivity index (χ4n) is 1.59. The van der Waals surface area contributed by atoms with Crippen LogP contribution in [0.25, 0.3) is 0 Å². The standard InChI is InChI=1S/C12H16N2O4/c1-18-7-6-9(13)8-12(15)10-4-2-3-5-11(10)14(16)17/h2-5,9H,6-8,13H2,1H3. The van der Waals surface area contributed by atoms with Gasteiger partial charge < -0.3 is 10.5 Å². The normalized spacial score (nSPS) is 12.1. The molecule has 0 spiro atoms. The van der Waals surface area contributed by atoms with E-state index in [1.165, 1.54) is 18.2 Å². The van der Waals surface area contributed by atoms with Crippen molar-refractivity contribution in [3.63, 3.8) is 0 Å². The van der Waals surface area contributed by atoms with Gasteiger partial charge in [0.2, 0.25) is 0 Å². The highest BCUT2D eigenvalue weighted by atomic mass is 16.6. The van der Waals surface area contributed by atoms with E-state index in [9.17, 15) is 14.9 Å². The van der Waals surface area contributed by atoms with Gasteiger partial charge in [0.25, 0.3) is 5.69 Å². The molecule has 0 heterocycles. The summed E-state index contributed by atoms with van der Waals surface area (Å²) in [6.07, 6.45) is 0.622. The van der Waals surface area contributed by atoms with Crippen LogP contribution in [0.15, 0.2) is 24.3 Å². The number of carbonyl (C=O) groups is 1. The second-order valence-electron chi connectivity index (χ2n) is 3.94. The number of hydrogen-bond donors (Lipinski definition) is 1. The third kappa shape index (κ3) is 3.90. The summed E-state index contributed by atoms with van der Waals surface area (Å²) in [6.45, 7) is 0.464. The topological polar surface area (TPSA) is 95.5 Å². The molecule has 6 heteroatoms. The van der Waals surface area contributed by atoms with E-state index in [0.717, 1.165) is 0 Å². The van der Waals surface area contributed by atoms with E-state index in [1.54, 1.807) is 13.2 Å². The highest BCUT2D eigenvalue weighted by Crippen LogP contribution is 2.19. The monoisotopic (exact) mass is 252 g/mol. The van der Waals surface area contributed by atoms with Gasteiger partial charge in [-0.1, -0.05) is 12.1 Å². The molecule has 0 fully saturated rings. The molecule has 0 saturated heterocycles. The molecule has 0 amide bonds. The van der Waals surface area contributed by atoms with Crippen molar-refractivity contribution < 1.29 is 14.5 Å². The van der Waals surface area contributed by atoms with Gasteiger partial charge in [-0.2, -0.15) is 0 Å². The van der Waals surface area contributed by atoms with E-state index in [4.69, 9.17) is 10.5 Å². The largest absolute Gasteiger partial charge is 0.385 e. The molecule has 0 bridgehead atoms. The van der Waals surface area contributed by atoms with Gasteiger partial charge >= 0.3 is 0 Å². The van der Waals surface area contributed by atoms with Gasteiger partial charge in [0.1, 0.15) is 0 Å². The zero-order valence-corrected chi connectivity index (χ0v) is 10.2. The highest BCUT2D eigenvalue weighted by molar-refractivity contribution is 6.00. The number of hydrogen-bond acceptors (Lipinski definition) is 5. The number of nitro benzene ring substituents is 1. The summed E-state index contributed by atoms with van der Waals surface area (Å²) in [5.41, 5.74) is 5.68. The van der Waals surface area contributed by atoms with Gasteiger partial charge in [-0.25, -0.2) is 0 Å². The third-order valence-corrected chi connectivity index (χ3v) is 2.54. The fourth-order valence-corrected chi connectivity index (χ4v) is 1.59. The number of nitrogens with zero attached hydrogens (tertiary/aromatic N) is 1. The fraction of sp³-hybridized carbons (Fsp3) is 0.417. The van der Waals surface area contributed by atoms with Crippen LogP contribution in [0, 0.1) is 10.1 Å². The summed E-state index contributed by atoms with van der Waals surface area (Å²) >= 11 is 0.